The summed E-state index contributed by atoms with van der Waals surface area (Å²) in [6, 6.07) is 8.03. The van der Waals surface area contributed by atoms with Crippen LogP contribution in [-0.2, 0) is 4.74 Å². The third-order valence-corrected chi connectivity index (χ3v) is 3.19. The van der Waals surface area contributed by atoms with Gasteiger partial charge in [-0.15, -0.1) is 0 Å². The quantitative estimate of drug-likeness (QED) is 0.770. The molecule has 2 nitrogen and oxygen atoms in total. The molecule has 1 aliphatic rings. The van der Waals surface area contributed by atoms with Crippen molar-refractivity contribution in [3.8, 4) is 0 Å². The minimum Gasteiger partial charge on any atom is -0.481 e. The Balaban J connectivity index is 2.07. The van der Waals surface area contributed by atoms with Gasteiger partial charge in [0.2, 0.25) is 0 Å². The van der Waals surface area contributed by atoms with E-state index >= 15 is 0 Å². The Morgan fingerprint density at radius 2 is 2.25 bits per heavy atom. The lowest BCUT2D eigenvalue weighted by Crippen LogP contribution is -2.17. The Morgan fingerprint density at radius 1 is 1.44 bits per heavy atom. The SMILES string of the molecule is CCOC1=NCC(c2ccccc2Cl)CC1. The summed E-state index contributed by atoms with van der Waals surface area (Å²) in [7, 11) is 0. The zero-order valence-electron chi connectivity index (χ0n) is 9.45. The number of ether oxygens (including phenoxy) is 1. The van der Waals surface area contributed by atoms with Gasteiger partial charge in [0.05, 0.1) is 6.61 Å². The Bertz CT molecular complexity index is 389. The van der Waals surface area contributed by atoms with Crippen LogP contribution < -0.4 is 0 Å². The topological polar surface area (TPSA) is 21.6 Å². The average Bonchev–Trinajstić information content (AvgIpc) is 2.31. The van der Waals surface area contributed by atoms with Crippen LogP contribution in [0.4, 0.5) is 0 Å². The van der Waals surface area contributed by atoms with Crippen molar-refractivity contribution < 1.29 is 4.74 Å². The third kappa shape index (κ3) is 2.56. The van der Waals surface area contributed by atoms with Crippen molar-refractivity contribution in [3.63, 3.8) is 0 Å². The second-order valence-electron chi connectivity index (χ2n) is 3.92. The Labute approximate surface area is 101 Å². The number of benzene rings is 1. The molecule has 0 fully saturated rings. The summed E-state index contributed by atoms with van der Waals surface area (Å²) < 4.78 is 5.41. The van der Waals surface area contributed by atoms with E-state index in [4.69, 9.17) is 16.3 Å². The Hall–Kier alpha value is -1.02. The van der Waals surface area contributed by atoms with Crippen LogP contribution in [0.15, 0.2) is 29.3 Å². The van der Waals surface area contributed by atoms with Crippen LogP contribution in [0.3, 0.4) is 0 Å². The molecule has 1 aromatic carbocycles. The van der Waals surface area contributed by atoms with Gasteiger partial charge in [0.25, 0.3) is 0 Å². The molecule has 1 aromatic rings. The molecule has 2 rings (SSSR count). The normalized spacial score (nSPS) is 20.4. The highest BCUT2D eigenvalue weighted by molar-refractivity contribution is 6.31. The van der Waals surface area contributed by atoms with Gasteiger partial charge in [0.15, 0.2) is 5.90 Å². The van der Waals surface area contributed by atoms with E-state index in [1.807, 2.05) is 25.1 Å². The third-order valence-electron chi connectivity index (χ3n) is 2.85. The van der Waals surface area contributed by atoms with E-state index in [2.05, 4.69) is 11.1 Å². The van der Waals surface area contributed by atoms with E-state index in [0.717, 1.165) is 30.3 Å². The number of nitrogens with zero attached hydrogens (tertiary/aromatic N) is 1. The molecule has 3 heteroatoms. The van der Waals surface area contributed by atoms with E-state index in [9.17, 15) is 0 Å². The van der Waals surface area contributed by atoms with E-state index in [1.54, 1.807) is 0 Å². The van der Waals surface area contributed by atoms with Gasteiger partial charge in [-0.05, 0) is 25.0 Å². The first-order valence-corrected chi connectivity index (χ1v) is 6.09. The molecule has 16 heavy (non-hydrogen) atoms. The highest BCUT2D eigenvalue weighted by Crippen LogP contribution is 2.30. The average molecular weight is 238 g/mol. The zero-order valence-corrected chi connectivity index (χ0v) is 10.2. The Kier molecular flexibility index (Phi) is 3.83. The number of hydrogen-bond acceptors (Lipinski definition) is 2. The molecule has 1 unspecified atom stereocenters. The van der Waals surface area contributed by atoms with Crippen LogP contribution in [0.2, 0.25) is 5.02 Å². The monoisotopic (exact) mass is 237 g/mol. The Morgan fingerprint density at radius 3 is 2.88 bits per heavy atom. The second-order valence-corrected chi connectivity index (χ2v) is 4.33. The molecule has 86 valence electrons. The van der Waals surface area contributed by atoms with Crippen molar-refractivity contribution in [3.05, 3.63) is 34.9 Å². The minimum atomic E-state index is 0.443. The van der Waals surface area contributed by atoms with Gasteiger partial charge in [-0.3, -0.25) is 4.99 Å². The van der Waals surface area contributed by atoms with E-state index in [1.165, 1.54) is 5.56 Å². The molecule has 1 aliphatic heterocycles. The number of halogens is 1. The summed E-state index contributed by atoms with van der Waals surface area (Å²) in [6.07, 6.45) is 1.99. The highest BCUT2D eigenvalue weighted by atomic mass is 35.5. The number of hydrogen-bond donors (Lipinski definition) is 0. The van der Waals surface area contributed by atoms with Crippen LogP contribution in [-0.4, -0.2) is 19.0 Å². The standard InChI is InChI=1S/C13H16ClNO/c1-2-16-13-8-7-10(9-15-13)11-5-3-4-6-12(11)14/h3-6,10H,2,7-9H2,1H3. The fraction of sp³-hybridized carbons (Fsp3) is 0.462. The van der Waals surface area contributed by atoms with Crippen molar-refractivity contribution in [2.45, 2.75) is 25.7 Å². The van der Waals surface area contributed by atoms with E-state index in [0.29, 0.717) is 12.5 Å². The zero-order chi connectivity index (χ0) is 11.4. The van der Waals surface area contributed by atoms with Crippen LogP contribution in [0.25, 0.3) is 0 Å². The lowest BCUT2D eigenvalue weighted by molar-refractivity contribution is 0.307. The van der Waals surface area contributed by atoms with Gasteiger partial charge in [0.1, 0.15) is 0 Å². The molecule has 0 amide bonds. The molecule has 0 radical (unpaired) electrons. The van der Waals surface area contributed by atoms with Gasteiger partial charge < -0.3 is 4.74 Å². The first-order valence-electron chi connectivity index (χ1n) is 5.71. The summed E-state index contributed by atoms with van der Waals surface area (Å²) in [5, 5.41) is 0.850. The number of aliphatic imine (C=N–C) groups is 1. The van der Waals surface area contributed by atoms with Crippen molar-refractivity contribution in [2.24, 2.45) is 4.99 Å². The first-order chi connectivity index (χ1) is 7.81. The molecular formula is C13H16ClNO. The summed E-state index contributed by atoms with van der Waals surface area (Å²) in [6.45, 7) is 3.48. The molecule has 0 bridgehead atoms. The summed E-state index contributed by atoms with van der Waals surface area (Å²) in [5.74, 6) is 1.34. The van der Waals surface area contributed by atoms with Gasteiger partial charge in [0, 0.05) is 23.9 Å². The van der Waals surface area contributed by atoms with Crippen LogP contribution in [0.1, 0.15) is 31.2 Å². The first kappa shape index (κ1) is 11.5. The molecule has 0 saturated carbocycles. The second kappa shape index (κ2) is 5.35. The lowest BCUT2D eigenvalue weighted by atomic mass is 9.92. The highest BCUT2D eigenvalue weighted by Gasteiger charge is 2.19. The van der Waals surface area contributed by atoms with E-state index in [-0.39, 0.29) is 0 Å². The minimum absolute atomic E-state index is 0.443. The molecule has 0 spiro atoms. The predicted molar refractivity (Wildman–Crippen MR) is 67.4 cm³/mol. The molecule has 0 aliphatic carbocycles. The van der Waals surface area contributed by atoms with Crippen LogP contribution in [0, 0.1) is 0 Å². The van der Waals surface area contributed by atoms with Gasteiger partial charge >= 0.3 is 0 Å². The molecular weight excluding hydrogens is 222 g/mol. The maximum atomic E-state index is 6.18. The maximum absolute atomic E-state index is 6.18. The summed E-state index contributed by atoms with van der Waals surface area (Å²) in [5.41, 5.74) is 1.21. The molecule has 1 heterocycles. The van der Waals surface area contributed by atoms with Crippen molar-refractivity contribution in [1.82, 2.24) is 0 Å². The fourth-order valence-electron chi connectivity index (χ4n) is 2.02. The smallest absolute Gasteiger partial charge is 0.183 e. The van der Waals surface area contributed by atoms with Crippen LogP contribution >= 0.6 is 11.6 Å². The fourth-order valence-corrected chi connectivity index (χ4v) is 2.31. The van der Waals surface area contributed by atoms with Gasteiger partial charge in [-0.2, -0.15) is 0 Å². The van der Waals surface area contributed by atoms with Crippen LogP contribution in [0.5, 0.6) is 0 Å². The van der Waals surface area contributed by atoms with Gasteiger partial charge in [-0.1, -0.05) is 29.8 Å². The van der Waals surface area contributed by atoms with E-state index < -0.39 is 0 Å². The summed E-state index contributed by atoms with van der Waals surface area (Å²) in [4.78, 5) is 4.45. The van der Waals surface area contributed by atoms with Gasteiger partial charge in [-0.25, -0.2) is 0 Å². The van der Waals surface area contributed by atoms with Crippen molar-refractivity contribution in [2.75, 3.05) is 13.2 Å². The van der Waals surface area contributed by atoms with Crippen molar-refractivity contribution in [1.29, 1.82) is 0 Å². The largest absolute Gasteiger partial charge is 0.481 e. The lowest BCUT2D eigenvalue weighted by Gasteiger charge is -2.22. The molecule has 0 N–H and O–H groups in total. The predicted octanol–water partition coefficient (Wildman–Crippen LogP) is 3.65. The molecule has 0 saturated heterocycles. The number of rotatable bonds is 2. The molecule has 1 atom stereocenters. The maximum Gasteiger partial charge on any atom is 0.183 e. The molecule has 0 aromatic heterocycles. The van der Waals surface area contributed by atoms with Crippen molar-refractivity contribution >= 4 is 17.5 Å². The summed E-state index contributed by atoms with van der Waals surface area (Å²) >= 11 is 6.18.